The summed E-state index contributed by atoms with van der Waals surface area (Å²) in [6.07, 6.45) is 0. The minimum absolute atomic E-state index is 0. The van der Waals surface area contributed by atoms with Crippen molar-refractivity contribution in [3.8, 4) is 5.75 Å². The largest absolute Gasteiger partial charge is 0.491 e. The Hall–Kier alpha value is -0.290. The van der Waals surface area contributed by atoms with Crippen molar-refractivity contribution in [3.05, 3.63) is 29.3 Å². The quantitative estimate of drug-likeness (QED) is 0.857. The van der Waals surface area contributed by atoms with Crippen LogP contribution in [0.15, 0.2) is 18.2 Å². The fourth-order valence-electron chi connectivity index (χ4n) is 1.40. The van der Waals surface area contributed by atoms with Crippen molar-refractivity contribution >= 4 is 24.0 Å². The molecule has 2 N–H and O–H groups in total. The molecule has 0 saturated heterocycles. The number of benzene rings is 1. The summed E-state index contributed by atoms with van der Waals surface area (Å²) >= 11 is 0. The zero-order chi connectivity index (χ0) is 11.4. The summed E-state index contributed by atoms with van der Waals surface area (Å²) in [4.78, 5) is 0. The third-order valence-corrected chi connectivity index (χ3v) is 2.69. The van der Waals surface area contributed by atoms with Crippen molar-refractivity contribution in [2.45, 2.75) is 33.7 Å². The maximum absolute atomic E-state index is 5.94. The Balaban J connectivity index is 0.00000225. The number of rotatable bonds is 4. The van der Waals surface area contributed by atoms with Crippen LogP contribution in [0.3, 0.4) is 0 Å². The molecule has 92 valence electrons. The number of halogens is 1. The second-order valence-electron chi connectivity index (χ2n) is 4.44. The lowest BCUT2D eigenvalue weighted by Gasteiger charge is -2.18. The van der Waals surface area contributed by atoms with Gasteiger partial charge in [-0.15, -0.1) is 24.0 Å². The average molecular weight is 335 g/mol. The van der Waals surface area contributed by atoms with Crippen molar-refractivity contribution in [2.24, 2.45) is 11.7 Å². The summed E-state index contributed by atoms with van der Waals surface area (Å²) in [5.74, 6) is 1.43. The summed E-state index contributed by atoms with van der Waals surface area (Å²) in [6, 6.07) is 6.26. The van der Waals surface area contributed by atoms with Gasteiger partial charge >= 0.3 is 0 Å². The van der Waals surface area contributed by atoms with E-state index < -0.39 is 0 Å². The van der Waals surface area contributed by atoms with Crippen LogP contribution in [0.5, 0.6) is 5.75 Å². The Morgan fingerprint density at radius 1 is 1.19 bits per heavy atom. The molecule has 0 aromatic heterocycles. The lowest BCUT2D eigenvalue weighted by Crippen LogP contribution is -2.33. The third kappa shape index (κ3) is 4.29. The monoisotopic (exact) mass is 335 g/mol. The molecule has 0 bridgehead atoms. The fraction of sp³-hybridized carbons (Fsp3) is 0.538. The zero-order valence-corrected chi connectivity index (χ0v) is 12.8. The lowest BCUT2D eigenvalue weighted by atomic mass is 10.1. The molecular weight excluding hydrogens is 313 g/mol. The summed E-state index contributed by atoms with van der Waals surface area (Å²) in [5, 5.41) is 0. The van der Waals surface area contributed by atoms with Crippen molar-refractivity contribution in [1.82, 2.24) is 0 Å². The van der Waals surface area contributed by atoms with Crippen LogP contribution in [0.4, 0.5) is 0 Å². The van der Waals surface area contributed by atoms with Gasteiger partial charge in [0.1, 0.15) is 12.4 Å². The van der Waals surface area contributed by atoms with Gasteiger partial charge in [0.05, 0.1) is 0 Å². The maximum Gasteiger partial charge on any atom is 0.125 e. The second-order valence-corrected chi connectivity index (χ2v) is 4.44. The van der Waals surface area contributed by atoms with Crippen LogP contribution in [0.1, 0.15) is 25.0 Å². The summed E-state index contributed by atoms with van der Waals surface area (Å²) < 4.78 is 5.77. The van der Waals surface area contributed by atoms with E-state index >= 15 is 0 Å². The standard InChI is InChI=1S/C13H21NO.HI/c1-9(2)12(14)8-15-13-10(3)6-5-7-11(13)4;/h5-7,9,12H,8,14H2,1-4H3;1H/t12-;/m0./s1. The van der Waals surface area contributed by atoms with E-state index in [2.05, 4.69) is 39.8 Å². The number of nitrogens with two attached hydrogens (primary N) is 1. The van der Waals surface area contributed by atoms with E-state index in [4.69, 9.17) is 10.5 Å². The molecule has 0 amide bonds. The minimum atomic E-state index is 0. The molecule has 0 fully saturated rings. The minimum Gasteiger partial charge on any atom is -0.491 e. The van der Waals surface area contributed by atoms with Crippen LogP contribution in [-0.2, 0) is 0 Å². The summed E-state index contributed by atoms with van der Waals surface area (Å²) in [5.41, 5.74) is 8.28. The molecule has 0 aliphatic rings. The third-order valence-electron chi connectivity index (χ3n) is 2.69. The highest BCUT2D eigenvalue weighted by Gasteiger charge is 2.10. The van der Waals surface area contributed by atoms with Gasteiger partial charge in [0.25, 0.3) is 0 Å². The van der Waals surface area contributed by atoms with Crippen molar-refractivity contribution in [3.63, 3.8) is 0 Å². The number of ether oxygens (including phenoxy) is 1. The Kier molecular flexibility index (Phi) is 6.99. The van der Waals surface area contributed by atoms with E-state index in [1.54, 1.807) is 0 Å². The molecule has 0 radical (unpaired) electrons. The molecule has 0 heterocycles. The van der Waals surface area contributed by atoms with E-state index in [1.165, 1.54) is 11.1 Å². The molecule has 3 heteroatoms. The smallest absolute Gasteiger partial charge is 0.125 e. The van der Waals surface area contributed by atoms with Gasteiger partial charge in [-0.2, -0.15) is 0 Å². The predicted molar refractivity (Wildman–Crippen MR) is 79.6 cm³/mol. The van der Waals surface area contributed by atoms with Crippen LogP contribution in [0.2, 0.25) is 0 Å². The van der Waals surface area contributed by atoms with E-state index in [9.17, 15) is 0 Å². The van der Waals surface area contributed by atoms with E-state index in [0.717, 1.165) is 5.75 Å². The van der Waals surface area contributed by atoms with Gasteiger partial charge in [0.15, 0.2) is 0 Å². The van der Waals surface area contributed by atoms with Crippen molar-refractivity contribution in [2.75, 3.05) is 6.61 Å². The predicted octanol–water partition coefficient (Wildman–Crippen LogP) is 3.28. The van der Waals surface area contributed by atoms with Crippen LogP contribution in [0.25, 0.3) is 0 Å². The Labute approximate surface area is 116 Å². The first kappa shape index (κ1) is 15.7. The molecule has 2 nitrogen and oxygen atoms in total. The Bertz CT molecular complexity index is 305. The van der Waals surface area contributed by atoms with Gasteiger partial charge in [-0.05, 0) is 30.9 Å². The molecule has 1 aromatic rings. The van der Waals surface area contributed by atoms with E-state index in [-0.39, 0.29) is 30.0 Å². The molecule has 0 aliphatic heterocycles. The van der Waals surface area contributed by atoms with Crippen molar-refractivity contribution in [1.29, 1.82) is 0 Å². The van der Waals surface area contributed by atoms with Crippen LogP contribution in [0, 0.1) is 19.8 Å². The molecule has 0 spiro atoms. The summed E-state index contributed by atoms with van der Waals surface area (Å²) in [7, 11) is 0. The SMILES string of the molecule is Cc1cccc(C)c1OC[C@H](N)C(C)C.I. The fourth-order valence-corrected chi connectivity index (χ4v) is 1.40. The highest BCUT2D eigenvalue weighted by Crippen LogP contribution is 2.22. The van der Waals surface area contributed by atoms with Gasteiger partial charge in [0.2, 0.25) is 0 Å². The molecule has 1 atom stereocenters. The molecule has 1 aromatic carbocycles. The Morgan fingerprint density at radius 2 is 1.69 bits per heavy atom. The lowest BCUT2D eigenvalue weighted by molar-refractivity contribution is 0.257. The molecule has 0 unspecified atom stereocenters. The average Bonchev–Trinajstić information content (AvgIpc) is 2.16. The zero-order valence-electron chi connectivity index (χ0n) is 10.5. The van der Waals surface area contributed by atoms with Crippen molar-refractivity contribution < 1.29 is 4.74 Å². The first-order valence-corrected chi connectivity index (χ1v) is 5.47. The molecule has 1 rings (SSSR count). The van der Waals surface area contributed by atoms with E-state index in [0.29, 0.717) is 12.5 Å². The molecule has 16 heavy (non-hydrogen) atoms. The first-order chi connectivity index (χ1) is 7.02. The normalized spacial score (nSPS) is 12.1. The van der Waals surface area contributed by atoms with Crippen LogP contribution < -0.4 is 10.5 Å². The first-order valence-electron chi connectivity index (χ1n) is 5.47. The van der Waals surface area contributed by atoms with Gasteiger partial charge in [-0.25, -0.2) is 0 Å². The van der Waals surface area contributed by atoms with Gasteiger partial charge in [0, 0.05) is 6.04 Å². The molecule has 0 saturated carbocycles. The number of aryl methyl sites for hydroxylation is 2. The summed E-state index contributed by atoms with van der Waals surface area (Å²) in [6.45, 7) is 8.92. The van der Waals surface area contributed by atoms with Crippen LogP contribution >= 0.6 is 24.0 Å². The van der Waals surface area contributed by atoms with Gasteiger partial charge < -0.3 is 10.5 Å². The highest BCUT2D eigenvalue weighted by molar-refractivity contribution is 14.0. The van der Waals surface area contributed by atoms with Crippen LogP contribution in [-0.4, -0.2) is 12.6 Å². The van der Waals surface area contributed by atoms with E-state index in [1.807, 2.05) is 6.07 Å². The molecule has 0 aliphatic carbocycles. The molecular formula is C13H22INO. The van der Waals surface area contributed by atoms with Gasteiger partial charge in [-0.1, -0.05) is 32.0 Å². The highest BCUT2D eigenvalue weighted by atomic mass is 127. The topological polar surface area (TPSA) is 35.2 Å². The second kappa shape index (κ2) is 7.12. The Morgan fingerprint density at radius 3 is 2.12 bits per heavy atom. The number of hydrogen-bond acceptors (Lipinski definition) is 2. The number of hydrogen-bond donors (Lipinski definition) is 1. The number of para-hydroxylation sites is 1. The maximum atomic E-state index is 5.94. The van der Waals surface area contributed by atoms with Gasteiger partial charge in [-0.3, -0.25) is 0 Å².